The third kappa shape index (κ3) is 4.36. The number of pyridine rings is 1. The van der Waals surface area contributed by atoms with Crippen molar-refractivity contribution in [1.82, 2.24) is 9.55 Å². The van der Waals surface area contributed by atoms with Crippen LogP contribution in [0.5, 0.6) is 0 Å². The highest BCUT2D eigenvalue weighted by atomic mass is 79.9. The molecule has 2 aromatic heterocycles. The number of rotatable bonds is 5. The molecule has 0 aliphatic carbocycles. The average molecular weight is 453 g/mol. The lowest BCUT2D eigenvalue weighted by molar-refractivity contribution is -0.119. The molecular weight excluding hydrogens is 436 g/mol. The maximum Gasteiger partial charge on any atom is 0.340 e. The summed E-state index contributed by atoms with van der Waals surface area (Å²) >= 11 is 3.23. The van der Waals surface area contributed by atoms with Crippen LogP contribution in [-0.2, 0) is 9.53 Å². The molecular formula is C21H17BrN4O3. The van der Waals surface area contributed by atoms with Crippen LogP contribution in [0.15, 0.2) is 53.3 Å². The van der Waals surface area contributed by atoms with Crippen molar-refractivity contribution in [2.45, 2.75) is 13.8 Å². The molecule has 0 aliphatic rings. The summed E-state index contributed by atoms with van der Waals surface area (Å²) in [6, 6.07) is 13.1. The molecule has 0 radical (unpaired) electrons. The summed E-state index contributed by atoms with van der Waals surface area (Å²) in [6.45, 7) is 3.21. The summed E-state index contributed by atoms with van der Waals surface area (Å²) < 4.78 is 7.49. The summed E-state index contributed by atoms with van der Waals surface area (Å²) in [5.41, 5.74) is 3.00. The van der Waals surface area contributed by atoms with Crippen LogP contribution in [0.1, 0.15) is 27.2 Å². The summed E-state index contributed by atoms with van der Waals surface area (Å²) in [5, 5.41) is 12.3. The topological polar surface area (TPSA) is 97.0 Å². The fourth-order valence-electron chi connectivity index (χ4n) is 2.87. The summed E-state index contributed by atoms with van der Waals surface area (Å²) in [4.78, 5) is 28.4. The molecule has 0 spiro atoms. The standard InChI is InChI=1S/C21H17BrN4O3/c1-13-14(2)26(17-6-4-3-5-7-17)20(18(13)9-23)25-19(27)12-29-21(28)15-8-16(22)11-24-10-15/h3-8,10-11H,12H2,1-2H3,(H,25,27). The Morgan fingerprint density at radius 2 is 1.97 bits per heavy atom. The van der Waals surface area contributed by atoms with Gasteiger partial charge in [-0.3, -0.25) is 14.3 Å². The first kappa shape index (κ1) is 20.3. The lowest BCUT2D eigenvalue weighted by Crippen LogP contribution is -2.23. The first-order valence-corrected chi connectivity index (χ1v) is 9.46. The first-order valence-electron chi connectivity index (χ1n) is 8.67. The van der Waals surface area contributed by atoms with Gasteiger partial charge in [-0.1, -0.05) is 18.2 Å². The molecule has 0 saturated heterocycles. The van der Waals surface area contributed by atoms with Gasteiger partial charge >= 0.3 is 5.97 Å². The molecule has 1 amide bonds. The molecule has 0 atom stereocenters. The number of nitrogens with zero attached hydrogens (tertiary/aromatic N) is 3. The minimum absolute atomic E-state index is 0.226. The maximum absolute atomic E-state index is 12.5. The smallest absolute Gasteiger partial charge is 0.340 e. The minimum atomic E-state index is -0.666. The molecule has 0 aliphatic heterocycles. The molecule has 0 saturated carbocycles. The Hall–Kier alpha value is -3.44. The summed E-state index contributed by atoms with van der Waals surface area (Å²) in [6.07, 6.45) is 2.89. The zero-order valence-corrected chi connectivity index (χ0v) is 17.4. The molecule has 1 N–H and O–H groups in total. The first-order chi connectivity index (χ1) is 13.9. The van der Waals surface area contributed by atoms with Gasteiger partial charge in [-0.05, 0) is 53.5 Å². The van der Waals surface area contributed by atoms with Gasteiger partial charge in [0.05, 0.1) is 11.1 Å². The van der Waals surface area contributed by atoms with Crippen molar-refractivity contribution in [2.75, 3.05) is 11.9 Å². The number of para-hydroxylation sites is 1. The Kier molecular flexibility index (Phi) is 6.10. The maximum atomic E-state index is 12.5. The number of nitrogens with one attached hydrogen (secondary N) is 1. The Balaban J connectivity index is 1.81. The van der Waals surface area contributed by atoms with E-state index < -0.39 is 18.5 Å². The summed E-state index contributed by atoms with van der Waals surface area (Å²) in [5.74, 6) is -0.869. The number of esters is 1. The van der Waals surface area contributed by atoms with E-state index in [0.29, 0.717) is 15.9 Å². The fraction of sp³-hybridized carbons (Fsp3) is 0.143. The van der Waals surface area contributed by atoms with E-state index in [2.05, 4.69) is 32.3 Å². The number of carbonyl (C=O) groups excluding carboxylic acids is 2. The number of carbonyl (C=O) groups is 2. The quantitative estimate of drug-likeness (QED) is 0.591. The van der Waals surface area contributed by atoms with Crippen LogP contribution < -0.4 is 5.32 Å². The molecule has 146 valence electrons. The van der Waals surface area contributed by atoms with Gasteiger partial charge in [0.2, 0.25) is 0 Å². The number of benzene rings is 1. The predicted molar refractivity (Wildman–Crippen MR) is 111 cm³/mol. The van der Waals surface area contributed by atoms with Gasteiger partial charge in [-0.15, -0.1) is 0 Å². The van der Waals surface area contributed by atoms with E-state index >= 15 is 0 Å². The van der Waals surface area contributed by atoms with E-state index in [4.69, 9.17) is 4.74 Å². The van der Waals surface area contributed by atoms with E-state index in [1.54, 1.807) is 10.6 Å². The third-order valence-electron chi connectivity index (χ3n) is 4.37. The van der Waals surface area contributed by atoms with Crippen molar-refractivity contribution in [1.29, 1.82) is 5.26 Å². The van der Waals surface area contributed by atoms with Crippen molar-refractivity contribution in [3.63, 3.8) is 0 Å². The van der Waals surface area contributed by atoms with E-state index in [9.17, 15) is 14.9 Å². The summed E-state index contributed by atoms with van der Waals surface area (Å²) in [7, 11) is 0. The molecule has 0 fully saturated rings. The van der Waals surface area contributed by atoms with Crippen LogP contribution in [0, 0.1) is 25.2 Å². The second-order valence-corrected chi connectivity index (χ2v) is 7.15. The molecule has 1 aromatic carbocycles. The molecule has 7 nitrogen and oxygen atoms in total. The van der Waals surface area contributed by atoms with Crippen molar-refractivity contribution < 1.29 is 14.3 Å². The highest BCUT2D eigenvalue weighted by Crippen LogP contribution is 2.29. The van der Waals surface area contributed by atoms with Gasteiger partial charge in [0.25, 0.3) is 5.91 Å². The van der Waals surface area contributed by atoms with Crippen LogP contribution in [-0.4, -0.2) is 28.0 Å². The van der Waals surface area contributed by atoms with Crippen LogP contribution in [0.3, 0.4) is 0 Å². The SMILES string of the molecule is Cc1c(C#N)c(NC(=O)COC(=O)c2cncc(Br)c2)n(-c2ccccc2)c1C. The molecule has 29 heavy (non-hydrogen) atoms. The van der Waals surface area contributed by atoms with Crippen molar-refractivity contribution >= 4 is 33.6 Å². The lowest BCUT2D eigenvalue weighted by atomic mass is 10.2. The van der Waals surface area contributed by atoms with Gasteiger partial charge < -0.3 is 10.1 Å². The van der Waals surface area contributed by atoms with Crippen molar-refractivity contribution in [3.05, 3.63) is 75.6 Å². The highest BCUT2D eigenvalue weighted by Gasteiger charge is 2.21. The van der Waals surface area contributed by atoms with E-state index in [1.807, 2.05) is 44.2 Å². The predicted octanol–water partition coefficient (Wildman–Crippen LogP) is 3.92. The van der Waals surface area contributed by atoms with Crippen LogP contribution >= 0.6 is 15.9 Å². The zero-order chi connectivity index (χ0) is 21.0. The van der Waals surface area contributed by atoms with Crippen molar-refractivity contribution in [3.8, 4) is 11.8 Å². The average Bonchev–Trinajstić information content (AvgIpc) is 2.96. The van der Waals surface area contributed by atoms with Crippen molar-refractivity contribution in [2.24, 2.45) is 0 Å². The Morgan fingerprint density at radius 3 is 2.62 bits per heavy atom. The lowest BCUT2D eigenvalue weighted by Gasteiger charge is -2.13. The molecule has 3 aromatic rings. The number of hydrogen-bond donors (Lipinski definition) is 1. The number of anilines is 1. The third-order valence-corrected chi connectivity index (χ3v) is 4.81. The fourth-order valence-corrected chi connectivity index (χ4v) is 3.23. The normalized spacial score (nSPS) is 10.3. The van der Waals surface area contributed by atoms with Crippen LogP contribution in [0.25, 0.3) is 5.69 Å². The highest BCUT2D eigenvalue weighted by molar-refractivity contribution is 9.10. The number of nitriles is 1. The molecule has 2 heterocycles. The van der Waals surface area contributed by atoms with Gasteiger partial charge in [-0.25, -0.2) is 4.79 Å². The van der Waals surface area contributed by atoms with Gasteiger partial charge in [-0.2, -0.15) is 5.26 Å². The molecule has 0 unspecified atom stereocenters. The number of aromatic nitrogens is 2. The molecule has 8 heteroatoms. The Morgan fingerprint density at radius 1 is 1.24 bits per heavy atom. The second kappa shape index (κ2) is 8.71. The Labute approximate surface area is 176 Å². The second-order valence-electron chi connectivity index (χ2n) is 6.23. The number of amides is 1. The zero-order valence-electron chi connectivity index (χ0n) is 15.8. The minimum Gasteiger partial charge on any atom is -0.452 e. The van der Waals surface area contributed by atoms with Gasteiger partial charge in [0.1, 0.15) is 11.9 Å². The van der Waals surface area contributed by atoms with E-state index in [1.165, 1.54) is 12.4 Å². The van der Waals surface area contributed by atoms with Crippen LogP contribution in [0.2, 0.25) is 0 Å². The largest absolute Gasteiger partial charge is 0.452 e. The molecule has 0 bridgehead atoms. The number of hydrogen-bond acceptors (Lipinski definition) is 5. The van der Waals surface area contributed by atoms with E-state index in [-0.39, 0.29) is 5.56 Å². The Bertz CT molecular complexity index is 1120. The van der Waals surface area contributed by atoms with Gasteiger partial charge in [0, 0.05) is 28.2 Å². The number of ether oxygens (including phenoxy) is 1. The van der Waals surface area contributed by atoms with Crippen LogP contribution in [0.4, 0.5) is 5.82 Å². The number of halogens is 1. The van der Waals surface area contributed by atoms with E-state index in [0.717, 1.165) is 16.9 Å². The monoisotopic (exact) mass is 452 g/mol. The van der Waals surface area contributed by atoms with Gasteiger partial charge in [0.15, 0.2) is 6.61 Å². The molecule has 3 rings (SSSR count).